The van der Waals surface area contributed by atoms with E-state index < -0.39 is 0 Å². The zero-order chi connectivity index (χ0) is 20.0. The average molecular weight is 387 g/mol. The van der Waals surface area contributed by atoms with E-state index in [1.165, 1.54) is 11.1 Å². The van der Waals surface area contributed by atoms with Crippen molar-refractivity contribution < 1.29 is 19.2 Å². The molecule has 0 saturated carbocycles. The molecule has 1 aliphatic rings. The molecule has 2 aromatic rings. The van der Waals surface area contributed by atoms with Crippen LogP contribution in [0.5, 0.6) is 5.75 Å². The van der Waals surface area contributed by atoms with Gasteiger partial charge in [-0.15, -0.1) is 0 Å². The van der Waals surface area contributed by atoms with Gasteiger partial charge in [0.15, 0.2) is 0 Å². The Balaban J connectivity index is 1.61. The van der Waals surface area contributed by atoms with Crippen LogP contribution in [0.15, 0.2) is 48.5 Å². The van der Waals surface area contributed by atoms with E-state index in [1.807, 2.05) is 24.3 Å². The highest BCUT2D eigenvalue weighted by Gasteiger charge is 2.34. The van der Waals surface area contributed by atoms with E-state index in [1.54, 1.807) is 19.2 Å². The predicted molar refractivity (Wildman–Crippen MR) is 110 cm³/mol. The van der Waals surface area contributed by atoms with Crippen molar-refractivity contribution in [2.75, 3.05) is 20.3 Å². The lowest BCUT2D eigenvalue weighted by Gasteiger charge is -2.39. The zero-order valence-corrected chi connectivity index (χ0v) is 17.3. The molecule has 3 rings (SSSR count). The van der Waals surface area contributed by atoms with Crippen molar-refractivity contribution in [2.45, 2.75) is 51.2 Å². The van der Waals surface area contributed by atoms with Crippen LogP contribution in [-0.4, -0.2) is 25.9 Å². The molecule has 0 aromatic heterocycles. The molecule has 2 aromatic carbocycles. The van der Waals surface area contributed by atoms with Gasteiger partial charge >= 0.3 is 0 Å². The quantitative estimate of drug-likeness (QED) is 0.688. The van der Waals surface area contributed by atoms with Crippen LogP contribution in [0.3, 0.4) is 0 Å². The molecule has 0 unspecified atom stereocenters. The molecule has 0 radical (unpaired) electrons. The molecule has 0 spiro atoms. The topological polar surface area (TPSA) is 35.1 Å². The molecule has 1 fully saturated rings. The number of methoxy groups -OCH3 is 1. The minimum Gasteiger partial charge on any atom is -0.497 e. The van der Waals surface area contributed by atoms with Gasteiger partial charge in [0.2, 0.25) is 0 Å². The van der Waals surface area contributed by atoms with Crippen LogP contribution >= 0.6 is 0 Å². The molecular formula is C24H33FNO2+. The number of quaternary nitrogens is 1. The monoisotopic (exact) mass is 386 g/mol. The molecule has 1 aliphatic heterocycles. The number of nitrogens with two attached hydrogens (primary N) is 1. The van der Waals surface area contributed by atoms with Gasteiger partial charge in [0, 0.05) is 18.6 Å². The molecule has 0 bridgehead atoms. The van der Waals surface area contributed by atoms with E-state index >= 15 is 0 Å². The van der Waals surface area contributed by atoms with Crippen LogP contribution in [0.25, 0.3) is 0 Å². The predicted octanol–water partition coefficient (Wildman–Crippen LogP) is 4.28. The summed E-state index contributed by atoms with van der Waals surface area (Å²) in [5.74, 6) is 1.74. The smallest absolute Gasteiger partial charge is 0.123 e. The fraction of sp³-hybridized carbons (Fsp3) is 0.500. The molecule has 1 heterocycles. The normalized spacial score (nSPS) is 19.9. The largest absolute Gasteiger partial charge is 0.497 e. The Morgan fingerprint density at radius 3 is 2.50 bits per heavy atom. The summed E-state index contributed by atoms with van der Waals surface area (Å²) in [5.41, 5.74) is 2.47. The Labute approximate surface area is 168 Å². The first-order valence-corrected chi connectivity index (χ1v) is 10.3. The van der Waals surface area contributed by atoms with Crippen LogP contribution in [0.4, 0.5) is 4.39 Å². The summed E-state index contributed by atoms with van der Waals surface area (Å²) in [6.07, 6.45) is 3.21. The summed E-state index contributed by atoms with van der Waals surface area (Å²) in [6, 6.07) is 15.4. The first-order chi connectivity index (χ1) is 13.5. The van der Waals surface area contributed by atoms with Gasteiger partial charge in [-0.05, 0) is 80.5 Å². The van der Waals surface area contributed by atoms with Gasteiger partial charge in [0.25, 0.3) is 0 Å². The van der Waals surface area contributed by atoms with Crippen molar-refractivity contribution in [3.05, 3.63) is 65.5 Å². The second kappa shape index (κ2) is 9.53. The third kappa shape index (κ3) is 5.79. The number of halogens is 1. The van der Waals surface area contributed by atoms with Crippen LogP contribution in [-0.2, 0) is 11.3 Å². The van der Waals surface area contributed by atoms with E-state index in [9.17, 15) is 4.39 Å². The van der Waals surface area contributed by atoms with Crippen molar-refractivity contribution in [3.63, 3.8) is 0 Å². The maximum absolute atomic E-state index is 13.4. The van der Waals surface area contributed by atoms with Gasteiger partial charge in [-0.2, -0.15) is 0 Å². The third-order valence-electron chi connectivity index (χ3n) is 5.82. The Morgan fingerprint density at radius 2 is 1.86 bits per heavy atom. The van der Waals surface area contributed by atoms with E-state index in [0.29, 0.717) is 11.8 Å². The number of hydrogen-bond donors (Lipinski definition) is 1. The highest BCUT2D eigenvalue weighted by Crippen LogP contribution is 2.39. The summed E-state index contributed by atoms with van der Waals surface area (Å²) in [6.45, 7) is 7.17. The fourth-order valence-electron chi connectivity index (χ4n) is 4.33. The number of hydrogen-bond acceptors (Lipinski definition) is 2. The molecule has 3 nitrogen and oxygen atoms in total. The third-order valence-corrected chi connectivity index (χ3v) is 5.82. The van der Waals surface area contributed by atoms with E-state index in [2.05, 4.69) is 31.3 Å². The number of benzene rings is 2. The van der Waals surface area contributed by atoms with Crippen LogP contribution < -0.4 is 10.1 Å². The van der Waals surface area contributed by atoms with Gasteiger partial charge in [-0.3, -0.25) is 0 Å². The second-order valence-electron chi connectivity index (χ2n) is 8.44. The molecular weight excluding hydrogens is 353 g/mol. The second-order valence-corrected chi connectivity index (χ2v) is 8.44. The van der Waals surface area contributed by atoms with E-state index in [4.69, 9.17) is 9.47 Å². The molecule has 28 heavy (non-hydrogen) atoms. The van der Waals surface area contributed by atoms with Crippen molar-refractivity contribution in [1.82, 2.24) is 0 Å². The maximum Gasteiger partial charge on any atom is 0.123 e. The molecule has 2 N–H and O–H groups in total. The van der Waals surface area contributed by atoms with Crippen molar-refractivity contribution in [3.8, 4) is 5.75 Å². The van der Waals surface area contributed by atoms with Crippen LogP contribution in [0.1, 0.15) is 50.2 Å². The van der Waals surface area contributed by atoms with E-state index in [0.717, 1.165) is 44.7 Å². The summed E-state index contributed by atoms with van der Waals surface area (Å²) in [5, 5.41) is 2.36. The first kappa shape index (κ1) is 20.8. The first-order valence-electron chi connectivity index (χ1n) is 10.3. The summed E-state index contributed by atoms with van der Waals surface area (Å²) in [7, 11) is 1.69. The Kier molecular flexibility index (Phi) is 7.08. The summed E-state index contributed by atoms with van der Waals surface area (Å²) in [4.78, 5) is 0. The highest BCUT2D eigenvalue weighted by molar-refractivity contribution is 5.26. The standard InChI is InChI=1S/C24H32FNO2/c1-24(2)16-20(13-15-28-24)23(19-6-8-21(25)9-7-19)12-14-26-17-18-4-10-22(27-3)11-5-18/h4-11,20,23,26H,12-17H2,1-3H3/p+1/t20-,23+/m0/s1. The number of ether oxygens (including phenoxy) is 2. The molecule has 1 saturated heterocycles. The van der Waals surface area contributed by atoms with Gasteiger partial charge in [0.1, 0.15) is 18.1 Å². The van der Waals surface area contributed by atoms with Gasteiger partial charge in [0.05, 0.1) is 19.3 Å². The highest BCUT2D eigenvalue weighted by atomic mass is 19.1. The SMILES string of the molecule is COc1ccc(C[NH2+]CC[C@H](c2ccc(F)cc2)[C@H]2CCOC(C)(C)C2)cc1. The molecule has 152 valence electrons. The minimum absolute atomic E-state index is 0.0754. The molecule has 0 aliphatic carbocycles. The fourth-order valence-corrected chi connectivity index (χ4v) is 4.33. The van der Waals surface area contributed by atoms with Crippen molar-refractivity contribution in [2.24, 2.45) is 5.92 Å². The van der Waals surface area contributed by atoms with Gasteiger partial charge < -0.3 is 14.8 Å². The average Bonchev–Trinajstić information content (AvgIpc) is 2.69. The summed E-state index contributed by atoms with van der Waals surface area (Å²) >= 11 is 0. The molecule has 2 atom stereocenters. The molecule has 0 amide bonds. The Hall–Kier alpha value is -1.91. The van der Waals surface area contributed by atoms with Crippen molar-refractivity contribution >= 4 is 0 Å². The lowest BCUT2D eigenvalue weighted by Crippen LogP contribution is -2.82. The molecule has 4 heteroatoms. The minimum atomic E-state index is -0.166. The van der Waals surface area contributed by atoms with Gasteiger partial charge in [-0.25, -0.2) is 4.39 Å². The Morgan fingerprint density at radius 1 is 1.14 bits per heavy atom. The zero-order valence-electron chi connectivity index (χ0n) is 17.3. The lowest BCUT2D eigenvalue weighted by molar-refractivity contribution is -0.671. The van der Waals surface area contributed by atoms with Crippen LogP contribution in [0.2, 0.25) is 0 Å². The van der Waals surface area contributed by atoms with E-state index in [-0.39, 0.29) is 11.4 Å². The van der Waals surface area contributed by atoms with Gasteiger partial charge in [-0.1, -0.05) is 12.1 Å². The number of rotatable bonds is 8. The summed E-state index contributed by atoms with van der Waals surface area (Å²) < 4.78 is 24.6. The van der Waals surface area contributed by atoms with Crippen LogP contribution in [0, 0.1) is 11.7 Å². The lowest BCUT2D eigenvalue weighted by atomic mass is 9.75. The Bertz CT molecular complexity index is 727. The maximum atomic E-state index is 13.4. The van der Waals surface area contributed by atoms with Crippen molar-refractivity contribution in [1.29, 1.82) is 0 Å².